The third kappa shape index (κ3) is 4.50. The number of nitrogens with one attached hydrogen (secondary N) is 3. The van der Waals surface area contributed by atoms with Gasteiger partial charge in [0.25, 0.3) is 5.91 Å². The van der Waals surface area contributed by atoms with Gasteiger partial charge in [0.15, 0.2) is 0 Å². The lowest BCUT2D eigenvalue weighted by Crippen LogP contribution is -2.51. The molecule has 1 spiro atoms. The van der Waals surface area contributed by atoms with E-state index in [1.807, 2.05) is 0 Å². The highest BCUT2D eigenvalue weighted by molar-refractivity contribution is 6.33. The van der Waals surface area contributed by atoms with Gasteiger partial charge in [-0.25, -0.2) is 4.39 Å². The molecule has 3 amide bonds. The lowest BCUT2D eigenvalue weighted by molar-refractivity contribution is -0.127. The second-order valence-electron chi connectivity index (χ2n) is 11.6. The number of ether oxygens (including phenoxy) is 1. The van der Waals surface area contributed by atoms with Gasteiger partial charge in [0.05, 0.1) is 23.7 Å². The summed E-state index contributed by atoms with van der Waals surface area (Å²) in [6.07, 6.45) is 6.55. The molecule has 2 saturated heterocycles. The zero-order valence-electron chi connectivity index (χ0n) is 21.7. The Bertz CT molecular complexity index is 1400. The summed E-state index contributed by atoms with van der Waals surface area (Å²) in [6.45, 7) is 0.405. The third-order valence-electron chi connectivity index (χ3n) is 9.12. The normalized spacial score (nSPS) is 27.6. The lowest BCUT2D eigenvalue weighted by atomic mass is 9.78. The first kappa shape index (κ1) is 25.9. The van der Waals surface area contributed by atoms with Crippen LogP contribution in [-0.4, -0.2) is 58.9 Å². The van der Waals surface area contributed by atoms with E-state index in [0.29, 0.717) is 18.4 Å². The molecule has 5 unspecified atom stereocenters. The van der Waals surface area contributed by atoms with Crippen LogP contribution in [0.4, 0.5) is 4.39 Å². The van der Waals surface area contributed by atoms with Crippen LogP contribution in [0.25, 0.3) is 10.9 Å². The van der Waals surface area contributed by atoms with Crippen molar-refractivity contribution in [3.05, 3.63) is 28.7 Å². The molecule has 4 aliphatic rings. The fourth-order valence-electron chi connectivity index (χ4n) is 7.03. The van der Waals surface area contributed by atoms with E-state index in [9.17, 15) is 24.0 Å². The summed E-state index contributed by atoms with van der Waals surface area (Å²) in [5.41, 5.74) is 0.127. The number of hydrogen-bond acceptors (Lipinski definition) is 5. The molecule has 2 saturated carbocycles. The van der Waals surface area contributed by atoms with Crippen molar-refractivity contribution >= 4 is 40.2 Å². The van der Waals surface area contributed by atoms with E-state index in [2.05, 4.69) is 21.7 Å². The zero-order valence-corrected chi connectivity index (χ0v) is 22.4. The van der Waals surface area contributed by atoms with E-state index in [1.165, 1.54) is 13.2 Å². The summed E-state index contributed by atoms with van der Waals surface area (Å²) in [4.78, 5) is 44.4. The average Bonchev–Trinajstić information content (AvgIpc) is 3.25. The van der Waals surface area contributed by atoms with Gasteiger partial charge in [0, 0.05) is 23.4 Å². The first-order valence-electron chi connectivity index (χ1n) is 13.6. The van der Waals surface area contributed by atoms with Crippen molar-refractivity contribution in [1.29, 1.82) is 5.26 Å². The molecule has 2 aliphatic carbocycles. The van der Waals surface area contributed by atoms with E-state index in [4.69, 9.17) is 16.3 Å². The number of amides is 3. The predicted molar refractivity (Wildman–Crippen MR) is 140 cm³/mol. The Hall–Kier alpha value is -3.32. The van der Waals surface area contributed by atoms with Gasteiger partial charge in [-0.2, -0.15) is 5.26 Å². The number of benzene rings is 1. The van der Waals surface area contributed by atoms with E-state index in [-0.39, 0.29) is 63.5 Å². The molecule has 0 radical (unpaired) electrons. The van der Waals surface area contributed by atoms with Crippen molar-refractivity contribution in [2.75, 3.05) is 13.7 Å². The van der Waals surface area contributed by atoms with E-state index in [1.54, 1.807) is 4.90 Å². The van der Waals surface area contributed by atoms with Crippen LogP contribution < -0.4 is 15.4 Å². The Morgan fingerprint density at radius 2 is 2.10 bits per heavy atom. The third-order valence-corrected chi connectivity index (χ3v) is 9.40. The molecule has 206 valence electrons. The molecule has 3 heterocycles. The molecule has 1 aromatic heterocycles. The quantitative estimate of drug-likeness (QED) is 0.501. The Balaban J connectivity index is 1.25. The highest BCUT2D eigenvalue weighted by Crippen LogP contribution is 2.46. The van der Waals surface area contributed by atoms with Gasteiger partial charge >= 0.3 is 0 Å². The van der Waals surface area contributed by atoms with Crippen molar-refractivity contribution in [2.24, 2.45) is 17.8 Å². The highest BCUT2D eigenvalue weighted by Gasteiger charge is 2.53. The molecule has 39 heavy (non-hydrogen) atoms. The van der Waals surface area contributed by atoms with Crippen LogP contribution in [0, 0.1) is 34.9 Å². The maximum atomic E-state index is 14.7. The predicted octanol–water partition coefficient (Wildman–Crippen LogP) is 3.67. The Kier molecular flexibility index (Phi) is 6.45. The number of carbonyl (C=O) groups is 3. The number of aromatic nitrogens is 1. The zero-order chi connectivity index (χ0) is 27.5. The lowest BCUT2D eigenvalue weighted by Gasteiger charge is -2.30. The number of rotatable bonds is 6. The minimum atomic E-state index is -0.838. The number of likely N-dealkylation sites (tertiary alicyclic amines) is 1. The molecule has 0 bridgehead atoms. The fraction of sp³-hybridized carbons (Fsp3) is 0.571. The van der Waals surface area contributed by atoms with Gasteiger partial charge in [-0.05, 0) is 62.5 Å². The van der Waals surface area contributed by atoms with Crippen LogP contribution in [0.5, 0.6) is 5.75 Å². The molecule has 2 aromatic rings. The number of halogens is 2. The molecule has 5 atom stereocenters. The van der Waals surface area contributed by atoms with E-state index < -0.39 is 23.8 Å². The first-order valence-corrected chi connectivity index (χ1v) is 14.0. The fourth-order valence-corrected chi connectivity index (χ4v) is 7.31. The van der Waals surface area contributed by atoms with Gasteiger partial charge in [0.1, 0.15) is 29.3 Å². The topological polar surface area (TPSA) is 127 Å². The number of carbonyl (C=O) groups excluding carboxylic acids is 3. The number of nitriles is 1. The van der Waals surface area contributed by atoms with Crippen molar-refractivity contribution < 1.29 is 23.5 Å². The maximum absolute atomic E-state index is 14.7. The summed E-state index contributed by atoms with van der Waals surface area (Å²) in [7, 11) is 1.42. The molecule has 11 heteroatoms. The number of hydrogen-bond donors (Lipinski definition) is 3. The summed E-state index contributed by atoms with van der Waals surface area (Å²) in [6, 6.07) is 3.19. The molecular formula is C28H31ClFN5O4. The molecule has 2 aliphatic heterocycles. The van der Waals surface area contributed by atoms with Crippen LogP contribution >= 0.6 is 11.6 Å². The largest absolute Gasteiger partial charge is 0.494 e. The van der Waals surface area contributed by atoms with Crippen molar-refractivity contribution in [1.82, 2.24) is 20.5 Å². The van der Waals surface area contributed by atoms with Gasteiger partial charge in [0.2, 0.25) is 11.8 Å². The number of methoxy groups -OCH3 is 1. The molecule has 1 aromatic carbocycles. The van der Waals surface area contributed by atoms with Gasteiger partial charge in [-0.15, -0.1) is 0 Å². The molecular weight excluding hydrogens is 525 g/mol. The number of nitrogens with zero attached hydrogens (tertiary/aromatic N) is 2. The molecule has 6 rings (SSSR count). The van der Waals surface area contributed by atoms with Crippen molar-refractivity contribution in [3.63, 3.8) is 0 Å². The minimum Gasteiger partial charge on any atom is -0.494 e. The average molecular weight is 556 g/mol. The van der Waals surface area contributed by atoms with Crippen LogP contribution in [0.3, 0.4) is 0 Å². The van der Waals surface area contributed by atoms with E-state index >= 15 is 0 Å². The number of aromatic amines is 1. The second kappa shape index (κ2) is 9.70. The Morgan fingerprint density at radius 1 is 1.33 bits per heavy atom. The number of H-pyrrole nitrogens is 1. The standard InChI is InChI=1S/C28H31ClFN5O4/c1-39-24-18-9-21(33-22(18)20(30)10-19(24)29)27(38)35-13-14-4-2-3-5-17(14)23(35)26(37)32-16(12-31)8-15-11-28(6-7-28)34-25(15)36/h9-10,14-17,23,33H,2-8,11,13H2,1H3,(H,32,37)(H,34,36). The smallest absolute Gasteiger partial charge is 0.271 e. The number of fused-ring (bicyclic) bond motifs is 2. The van der Waals surface area contributed by atoms with Gasteiger partial charge in [-0.1, -0.05) is 24.4 Å². The SMILES string of the molecule is COc1c(Cl)cc(F)c2[nH]c(C(=O)N3CC4CCCCC4C3C(=O)NC(C#N)CC3CC4(CC4)NC3=O)cc12. The first-order chi connectivity index (χ1) is 18.7. The molecule has 4 fully saturated rings. The molecule has 9 nitrogen and oxygen atoms in total. The van der Waals surface area contributed by atoms with Crippen molar-refractivity contribution in [2.45, 2.75) is 69.0 Å². The summed E-state index contributed by atoms with van der Waals surface area (Å²) >= 11 is 6.14. The molecule has 3 N–H and O–H groups in total. The second-order valence-corrected chi connectivity index (χ2v) is 12.0. The summed E-state index contributed by atoms with van der Waals surface area (Å²) in [5.74, 6) is -1.40. The van der Waals surface area contributed by atoms with Gasteiger partial charge < -0.3 is 25.3 Å². The van der Waals surface area contributed by atoms with Crippen LogP contribution in [0.1, 0.15) is 61.9 Å². The maximum Gasteiger partial charge on any atom is 0.271 e. The highest BCUT2D eigenvalue weighted by atomic mass is 35.5. The monoisotopic (exact) mass is 555 g/mol. The summed E-state index contributed by atoms with van der Waals surface area (Å²) in [5, 5.41) is 16.2. The Labute approximate surface area is 230 Å². The summed E-state index contributed by atoms with van der Waals surface area (Å²) < 4.78 is 20.0. The van der Waals surface area contributed by atoms with Crippen LogP contribution in [0.15, 0.2) is 12.1 Å². The van der Waals surface area contributed by atoms with Gasteiger partial charge in [-0.3, -0.25) is 14.4 Å². The Morgan fingerprint density at radius 3 is 2.79 bits per heavy atom. The van der Waals surface area contributed by atoms with Crippen molar-refractivity contribution in [3.8, 4) is 11.8 Å². The minimum absolute atomic E-state index is 0.0309. The van der Waals surface area contributed by atoms with Crippen LogP contribution in [-0.2, 0) is 9.59 Å². The van der Waals surface area contributed by atoms with Crippen LogP contribution in [0.2, 0.25) is 5.02 Å². The van der Waals surface area contributed by atoms with E-state index in [0.717, 1.165) is 44.6 Å².